The Kier molecular flexibility index (Phi) is 3.94. The van der Waals surface area contributed by atoms with E-state index in [4.69, 9.17) is 10.9 Å². The van der Waals surface area contributed by atoms with Crippen LogP contribution in [0, 0.1) is 5.92 Å². The number of hydrogen-bond acceptors (Lipinski definition) is 6. The summed E-state index contributed by atoms with van der Waals surface area (Å²) in [6.45, 7) is 0.484. The highest BCUT2D eigenvalue weighted by Crippen LogP contribution is 2.24. The highest BCUT2D eigenvalue weighted by molar-refractivity contribution is 7.91. The molecule has 0 aliphatic carbocycles. The van der Waals surface area contributed by atoms with E-state index in [0.29, 0.717) is 18.7 Å². The molecule has 7 nitrogen and oxygen atoms in total. The van der Waals surface area contributed by atoms with E-state index in [9.17, 15) is 16.8 Å². The summed E-state index contributed by atoms with van der Waals surface area (Å²) in [5.74, 6) is 0.450. The Morgan fingerprint density at radius 2 is 2.05 bits per heavy atom. The third-order valence-corrected chi connectivity index (χ3v) is 6.01. The molecule has 1 aromatic rings. The third kappa shape index (κ3) is 3.62. The summed E-state index contributed by atoms with van der Waals surface area (Å²) in [5, 5.41) is 8.05. The van der Waals surface area contributed by atoms with E-state index in [1.54, 1.807) is 0 Å². The molecule has 20 heavy (non-hydrogen) atoms. The van der Waals surface area contributed by atoms with Gasteiger partial charge >= 0.3 is 0 Å². The second-order valence-corrected chi connectivity index (χ2v) is 8.73. The van der Waals surface area contributed by atoms with Crippen molar-refractivity contribution in [3.05, 3.63) is 18.2 Å². The van der Waals surface area contributed by atoms with Gasteiger partial charge < -0.3 is 11.1 Å². The molecule has 2 rings (SSSR count). The van der Waals surface area contributed by atoms with E-state index >= 15 is 0 Å². The summed E-state index contributed by atoms with van der Waals surface area (Å²) in [6, 6.07) is 4.17. The van der Waals surface area contributed by atoms with Crippen LogP contribution in [0.1, 0.15) is 6.42 Å². The van der Waals surface area contributed by atoms with E-state index in [-0.39, 0.29) is 28.0 Å². The van der Waals surface area contributed by atoms with Crippen molar-refractivity contribution in [2.24, 2.45) is 11.1 Å². The lowest BCUT2D eigenvalue weighted by molar-refractivity contribution is 0.594. The molecule has 1 aliphatic heterocycles. The summed E-state index contributed by atoms with van der Waals surface area (Å²) >= 11 is 0. The molecule has 112 valence electrons. The zero-order chi connectivity index (χ0) is 15.0. The van der Waals surface area contributed by atoms with Crippen molar-refractivity contribution in [2.45, 2.75) is 11.3 Å². The molecule has 5 N–H and O–H groups in total. The number of anilines is 2. The van der Waals surface area contributed by atoms with Crippen LogP contribution >= 0.6 is 0 Å². The number of sulfonamides is 1. The summed E-state index contributed by atoms with van der Waals surface area (Å²) in [4.78, 5) is -0.0519. The molecule has 0 bridgehead atoms. The van der Waals surface area contributed by atoms with Gasteiger partial charge in [-0.3, -0.25) is 0 Å². The quantitative estimate of drug-likeness (QED) is 0.656. The van der Waals surface area contributed by atoms with Gasteiger partial charge in [-0.1, -0.05) is 0 Å². The van der Waals surface area contributed by atoms with Crippen LogP contribution < -0.4 is 16.2 Å². The molecule has 0 spiro atoms. The van der Waals surface area contributed by atoms with E-state index in [1.807, 2.05) is 0 Å². The fourth-order valence-corrected chi connectivity index (χ4v) is 4.58. The van der Waals surface area contributed by atoms with Crippen molar-refractivity contribution in [3.8, 4) is 0 Å². The van der Waals surface area contributed by atoms with Gasteiger partial charge in [-0.05, 0) is 30.5 Å². The Morgan fingerprint density at radius 3 is 2.55 bits per heavy atom. The monoisotopic (exact) mass is 319 g/mol. The van der Waals surface area contributed by atoms with Gasteiger partial charge in [-0.2, -0.15) is 0 Å². The Hall–Kier alpha value is -1.32. The molecule has 0 aromatic heterocycles. The Labute approximate surface area is 118 Å². The van der Waals surface area contributed by atoms with Crippen LogP contribution in [0.15, 0.2) is 23.1 Å². The van der Waals surface area contributed by atoms with Crippen LogP contribution in [0.4, 0.5) is 11.4 Å². The van der Waals surface area contributed by atoms with Crippen LogP contribution in [-0.4, -0.2) is 34.9 Å². The Morgan fingerprint density at radius 1 is 1.35 bits per heavy atom. The molecule has 0 saturated carbocycles. The fraction of sp³-hybridized carbons (Fsp3) is 0.455. The standard InChI is InChI=1S/C11H17N3O4S2/c12-10-5-9(20(13,17)18)1-2-11(10)14-6-8-3-4-19(15,16)7-8/h1-2,5,8,14H,3-4,6-7,12H2,(H2,13,17,18). The zero-order valence-electron chi connectivity index (χ0n) is 10.7. The first-order chi connectivity index (χ1) is 9.17. The first-order valence-electron chi connectivity index (χ1n) is 6.04. The van der Waals surface area contributed by atoms with E-state index in [1.165, 1.54) is 18.2 Å². The maximum absolute atomic E-state index is 11.3. The van der Waals surface area contributed by atoms with Crippen molar-refractivity contribution in [3.63, 3.8) is 0 Å². The first kappa shape index (κ1) is 15.1. The van der Waals surface area contributed by atoms with Gasteiger partial charge in [0.05, 0.1) is 27.8 Å². The number of nitrogens with two attached hydrogens (primary N) is 2. The highest BCUT2D eigenvalue weighted by Gasteiger charge is 2.27. The minimum atomic E-state index is -3.78. The number of primary sulfonamides is 1. The molecule has 1 atom stereocenters. The summed E-state index contributed by atoms with van der Waals surface area (Å²) in [6.07, 6.45) is 0.629. The average molecular weight is 319 g/mol. The molecule has 1 heterocycles. The molecular weight excluding hydrogens is 302 g/mol. The predicted octanol–water partition coefficient (Wildman–Crippen LogP) is -0.237. The maximum Gasteiger partial charge on any atom is 0.238 e. The largest absolute Gasteiger partial charge is 0.397 e. The molecule has 1 unspecified atom stereocenters. The van der Waals surface area contributed by atoms with Crippen LogP contribution in [0.2, 0.25) is 0 Å². The van der Waals surface area contributed by atoms with Gasteiger partial charge in [0.25, 0.3) is 0 Å². The van der Waals surface area contributed by atoms with Gasteiger partial charge in [-0.25, -0.2) is 22.0 Å². The number of nitrogen functional groups attached to an aromatic ring is 1. The Balaban J connectivity index is 2.04. The SMILES string of the molecule is Nc1cc(S(N)(=O)=O)ccc1NCC1CCS(=O)(=O)C1. The van der Waals surface area contributed by atoms with Crippen LogP contribution in [0.3, 0.4) is 0 Å². The van der Waals surface area contributed by atoms with Crippen molar-refractivity contribution in [2.75, 3.05) is 29.1 Å². The molecule has 0 radical (unpaired) electrons. The number of sulfone groups is 1. The van der Waals surface area contributed by atoms with Crippen molar-refractivity contribution in [1.82, 2.24) is 0 Å². The lowest BCUT2D eigenvalue weighted by atomic mass is 10.1. The summed E-state index contributed by atoms with van der Waals surface area (Å²) in [7, 11) is -6.68. The fourth-order valence-electron chi connectivity index (χ4n) is 2.17. The van der Waals surface area contributed by atoms with Crippen LogP contribution in [-0.2, 0) is 19.9 Å². The van der Waals surface area contributed by atoms with E-state index in [0.717, 1.165) is 0 Å². The lowest BCUT2D eigenvalue weighted by Crippen LogP contribution is -2.17. The van der Waals surface area contributed by atoms with Crippen LogP contribution in [0.5, 0.6) is 0 Å². The number of benzene rings is 1. The predicted molar refractivity (Wildman–Crippen MR) is 77.5 cm³/mol. The second kappa shape index (κ2) is 5.23. The minimum absolute atomic E-state index is 0.0519. The van der Waals surface area contributed by atoms with Crippen molar-refractivity contribution in [1.29, 1.82) is 0 Å². The van der Waals surface area contributed by atoms with E-state index in [2.05, 4.69) is 5.32 Å². The van der Waals surface area contributed by atoms with Gasteiger partial charge in [-0.15, -0.1) is 0 Å². The maximum atomic E-state index is 11.3. The third-order valence-electron chi connectivity index (χ3n) is 3.26. The zero-order valence-corrected chi connectivity index (χ0v) is 12.4. The van der Waals surface area contributed by atoms with E-state index < -0.39 is 19.9 Å². The number of rotatable bonds is 4. The van der Waals surface area contributed by atoms with Gasteiger partial charge in [0.15, 0.2) is 9.84 Å². The van der Waals surface area contributed by atoms with Crippen molar-refractivity contribution < 1.29 is 16.8 Å². The highest BCUT2D eigenvalue weighted by atomic mass is 32.2. The molecule has 0 amide bonds. The van der Waals surface area contributed by atoms with Gasteiger partial charge in [0.1, 0.15) is 0 Å². The molecule has 1 saturated heterocycles. The lowest BCUT2D eigenvalue weighted by Gasteiger charge is -2.13. The second-order valence-electron chi connectivity index (χ2n) is 4.94. The molecular formula is C11H17N3O4S2. The van der Waals surface area contributed by atoms with Crippen LogP contribution in [0.25, 0.3) is 0 Å². The number of nitrogens with one attached hydrogen (secondary N) is 1. The van der Waals surface area contributed by atoms with Crippen molar-refractivity contribution >= 4 is 31.2 Å². The molecule has 1 fully saturated rings. The Bertz CT molecular complexity index is 713. The normalized spacial score (nSPS) is 21.8. The summed E-state index contributed by atoms with van der Waals surface area (Å²) in [5.41, 5.74) is 6.59. The summed E-state index contributed by atoms with van der Waals surface area (Å²) < 4.78 is 45.0. The average Bonchev–Trinajstić information content (AvgIpc) is 2.66. The van der Waals surface area contributed by atoms with Gasteiger partial charge in [0.2, 0.25) is 10.0 Å². The molecule has 1 aliphatic rings. The topological polar surface area (TPSA) is 132 Å². The molecule has 9 heteroatoms. The minimum Gasteiger partial charge on any atom is -0.397 e. The molecule has 1 aromatic carbocycles. The smallest absolute Gasteiger partial charge is 0.238 e. The first-order valence-corrected chi connectivity index (χ1v) is 9.41. The number of hydrogen-bond donors (Lipinski definition) is 3. The van der Waals surface area contributed by atoms with Gasteiger partial charge in [0, 0.05) is 6.54 Å².